The molecule has 136 valence electrons. The summed E-state index contributed by atoms with van der Waals surface area (Å²) < 4.78 is 3.37. The lowest BCUT2D eigenvalue weighted by molar-refractivity contribution is 0.0634. The first-order valence-corrected chi connectivity index (χ1v) is 9.10. The first-order valence-electron chi connectivity index (χ1n) is 7.97. The van der Waals surface area contributed by atoms with E-state index in [0.717, 1.165) is 0 Å². The summed E-state index contributed by atoms with van der Waals surface area (Å²) in [7, 11) is 0. The second-order valence-electron chi connectivity index (χ2n) is 5.60. The quantitative estimate of drug-likeness (QED) is 0.624. The van der Waals surface area contributed by atoms with Crippen molar-refractivity contribution in [3.05, 3.63) is 71.8 Å². The van der Waals surface area contributed by atoms with E-state index in [1.807, 2.05) is 60.7 Å². The van der Waals surface area contributed by atoms with Crippen molar-refractivity contribution in [2.75, 3.05) is 6.61 Å². The Hall–Kier alpha value is -1.82. The summed E-state index contributed by atoms with van der Waals surface area (Å²) in [4.78, 5) is 14.2. The standard InChI is InChI=1S/C18H16Cl3N3O2/c1-2-26-16(25)24-15(18(19,20)21)22-23-17(24,13-9-5-3-6-10-13)14-11-7-4-8-12-14/h3-12,15H,2H2,1H3. The molecule has 0 radical (unpaired) electrons. The molecule has 5 nitrogen and oxygen atoms in total. The van der Waals surface area contributed by atoms with Gasteiger partial charge >= 0.3 is 6.09 Å². The predicted octanol–water partition coefficient (Wildman–Crippen LogP) is 5.51. The number of ether oxygens (including phenoxy) is 1. The van der Waals surface area contributed by atoms with Crippen LogP contribution in [-0.4, -0.2) is 27.6 Å². The summed E-state index contributed by atoms with van der Waals surface area (Å²) in [5, 5.41) is 8.59. The van der Waals surface area contributed by atoms with Gasteiger partial charge in [0.1, 0.15) is 0 Å². The fourth-order valence-corrected chi connectivity index (χ4v) is 3.38. The van der Waals surface area contributed by atoms with Crippen LogP contribution in [-0.2, 0) is 10.4 Å². The maximum atomic E-state index is 12.9. The number of nitrogens with zero attached hydrogens (tertiary/aromatic N) is 3. The van der Waals surface area contributed by atoms with Crippen LogP contribution in [0.3, 0.4) is 0 Å². The molecule has 2 aromatic rings. The summed E-state index contributed by atoms with van der Waals surface area (Å²) in [6.07, 6.45) is -1.80. The highest BCUT2D eigenvalue weighted by Gasteiger charge is 2.57. The number of carbonyl (C=O) groups excluding carboxylic acids is 1. The topological polar surface area (TPSA) is 54.3 Å². The molecule has 0 fully saturated rings. The zero-order valence-corrected chi connectivity index (χ0v) is 16.1. The highest BCUT2D eigenvalue weighted by molar-refractivity contribution is 6.68. The SMILES string of the molecule is CCOC(=O)N1C(C(Cl)(Cl)Cl)N=NC1(c1ccccc1)c1ccccc1. The number of amides is 1. The van der Waals surface area contributed by atoms with E-state index >= 15 is 0 Å². The zero-order chi connectivity index (χ0) is 18.8. The van der Waals surface area contributed by atoms with Crippen LogP contribution in [0.1, 0.15) is 18.1 Å². The maximum Gasteiger partial charge on any atom is 0.414 e. The summed E-state index contributed by atoms with van der Waals surface area (Å²) in [6.45, 7) is 1.88. The minimum Gasteiger partial charge on any atom is -0.450 e. The van der Waals surface area contributed by atoms with Gasteiger partial charge in [-0.15, -0.1) is 0 Å². The van der Waals surface area contributed by atoms with Gasteiger partial charge in [-0.2, -0.15) is 10.2 Å². The monoisotopic (exact) mass is 411 g/mol. The number of alkyl halides is 3. The molecule has 1 aliphatic rings. The fourth-order valence-electron chi connectivity index (χ4n) is 2.95. The third-order valence-electron chi connectivity index (χ3n) is 4.01. The van der Waals surface area contributed by atoms with E-state index < -0.39 is 21.7 Å². The largest absolute Gasteiger partial charge is 0.450 e. The van der Waals surface area contributed by atoms with Crippen molar-refractivity contribution in [1.29, 1.82) is 0 Å². The highest BCUT2D eigenvalue weighted by atomic mass is 35.6. The molecule has 1 aliphatic heterocycles. The molecule has 0 aliphatic carbocycles. The molecule has 0 aromatic heterocycles. The van der Waals surface area contributed by atoms with Crippen molar-refractivity contribution >= 4 is 40.9 Å². The fraction of sp³-hybridized carbons (Fsp3) is 0.278. The second kappa shape index (κ2) is 7.43. The Morgan fingerprint density at radius 2 is 1.58 bits per heavy atom. The molecule has 0 bridgehead atoms. The molecular weight excluding hydrogens is 397 g/mol. The van der Waals surface area contributed by atoms with E-state index in [0.29, 0.717) is 11.1 Å². The van der Waals surface area contributed by atoms with E-state index in [1.54, 1.807) is 6.92 Å². The van der Waals surface area contributed by atoms with Crippen LogP contribution in [0.2, 0.25) is 0 Å². The van der Waals surface area contributed by atoms with Crippen molar-refractivity contribution in [2.24, 2.45) is 10.2 Å². The molecule has 0 spiro atoms. The third-order valence-corrected chi connectivity index (χ3v) is 4.60. The Kier molecular flexibility index (Phi) is 5.42. The summed E-state index contributed by atoms with van der Waals surface area (Å²) in [5.41, 5.74) is 0.128. The van der Waals surface area contributed by atoms with Gasteiger partial charge in [0.05, 0.1) is 6.61 Å². The Balaban J connectivity index is 2.25. The van der Waals surface area contributed by atoms with Gasteiger partial charge in [0.15, 0.2) is 6.17 Å². The van der Waals surface area contributed by atoms with E-state index in [-0.39, 0.29) is 6.61 Å². The number of carbonyl (C=O) groups is 1. The smallest absolute Gasteiger partial charge is 0.414 e. The van der Waals surface area contributed by atoms with Crippen molar-refractivity contribution in [2.45, 2.75) is 22.5 Å². The van der Waals surface area contributed by atoms with Gasteiger partial charge in [0.2, 0.25) is 9.46 Å². The van der Waals surface area contributed by atoms with Crippen molar-refractivity contribution in [3.8, 4) is 0 Å². The Morgan fingerprint density at radius 1 is 1.08 bits per heavy atom. The van der Waals surface area contributed by atoms with Gasteiger partial charge in [-0.25, -0.2) is 9.69 Å². The van der Waals surface area contributed by atoms with Gasteiger partial charge in [0.25, 0.3) is 0 Å². The summed E-state index contributed by atoms with van der Waals surface area (Å²) in [6, 6.07) is 18.5. The van der Waals surface area contributed by atoms with Gasteiger partial charge in [-0.05, 0) is 6.92 Å². The molecule has 26 heavy (non-hydrogen) atoms. The number of rotatable bonds is 3. The maximum absolute atomic E-state index is 12.9. The van der Waals surface area contributed by atoms with Crippen LogP contribution in [0.5, 0.6) is 0 Å². The van der Waals surface area contributed by atoms with E-state index in [2.05, 4.69) is 10.2 Å². The van der Waals surface area contributed by atoms with Crippen LogP contribution in [0, 0.1) is 0 Å². The molecule has 1 atom stereocenters. The van der Waals surface area contributed by atoms with E-state index in [1.165, 1.54) is 4.90 Å². The molecular formula is C18H16Cl3N3O2. The third kappa shape index (κ3) is 3.27. The second-order valence-corrected chi connectivity index (χ2v) is 7.97. The van der Waals surface area contributed by atoms with Gasteiger partial charge in [0, 0.05) is 11.1 Å². The van der Waals surface area contributed by atoms with Crippen molar-refractivity contribution < 1.29 is 9.53 Å². The van der Waals surface area contributed by atoms with Crippen LogP contribution in [0.15, 0.2) is 70.9 Å². The normalized spacial score (nSPS) is 18.8. The van der Waals surface area contributed by atoms with Gasteiger partial charge in [-0.1, -0.05) is 95.5 Å². The molecule has 1 heterocycles. The van der Waals surface area contributed by atoms with Crippen LogP contribution in [0.4, 0.5) is 4.79 Å². The molecule has 0 N–H and O–H groups in total. The number of benzene rings is 2. The number of hydrogen-bond acceptors (Lipinski definition) is 4. The predicted molar refractivity (Wildman–Crippen MR) is 101 cm³/mol. The lowest BCUT2D eigenvalue weighted by atomic mass is 9.90. The number of halogens is 3. The molecule has 1 amide bonds. The first kappa shape index (κ1) is 19.0. The lowest BCUT2D eigenvalue weighted by Crippen LogP contribution is -2.54. The Morgan fingerprint density at radius 3 is 2.00 bits per heavy atom. The lowest BCUT2D eigenvalue weighted by Gasteiger charge is -2.38. The number of hydrogen-bond donors (Lipinski definition) is 0. The molecule has 3 rings (SSSR count). The molecule has 2 aromatic carbocycles. The minimum absolute atomic E-state index is 0.168. The number of azo groups is 1. The Labute approximate surface area is 166 Å². The zero-order valence-electron chi connectivity index (χ0n) is 13.8. The highest BCUT2D eigenvalue weighted by Crippen LogP contribution is 2.49. The molecule has 0 saturated carbocycles. The first-order chi connectivity index (χ1) is 12.4. The van der Waals surface area contributed by atoms with Crippen molar-refractivity contribution in [1.82, 2.24) is 4.90 Å². The van der Waals surface area contributed by atoms with Gasteiger partial charge in [-0.3, -0.25) is 0 Å². The molecule has 1 unspecified atom stereocenters. The van der Waals surface area contributed by atoms with Gasteiger partial charge < -0.3 is 4.74 Å². The van der Waals surface area contributed by atoms with Crippen LogP contribution >= 0.6 is 34.8 Å². The Bertz CT molecular complexity index is 755. The van der Waals surface area contributed by atoms with Crippen LogP contribution < -0.4 is 0 Å². The summed E-state index contributed by atoms with van der Waals surface area (Å²) in [5.74, 6) is 0. The summed E-state index contributed by atoms with van der Waals surface area (Å²) >= 11 is 18.3. The van der Waals surface area contributed by atoms with E-state index in [4.69, 9.17) is 39.5 Å². The van der Waals surface area contributed by atoms with Crippen LogP contribution in [0.25, 0.3) is 0 Å². The molecule has 0 saturated heterocycles. The average Bonchev–Trinajstić information content (AvgIpc) is 3.05. The van der Waals surface area contributed by atoms with Crippen molar-refractivity contribution in [3.63, 3.8) is 0 Å². The minimum atomic E-state index is -1.87. The average molecular weight is 413 g/mol. The molecule has 8 heteroatoms. The van der Waals surface area contributed by atoms with E-state index in [9.17, 15) is 4.79 Å².